The van der Waals surface area contributed by atoms with Gasteiger partial charge in [-0.2, -0.15) is 0 Å². The summed E-state index contributed by atoms with van der Waals surface area (Å²) in [6, 6.07) is 0.620. The highest BCUT2D eigenvalue weighted by Gasteiger charge is 2.23. The molecule has 1 aliphatic rings. The van der Waals surface area contributed by atoms with Crippen LogP contribution in [0.4, 0.5) is 0 Å². The monoisotopic (exact) mass is 228 g/mol. The molecule has 1 saturated heterocycles. The molecule has 1 heterocycles. The summed E-state index contributed by atoms with van der Waals surface area (Å²) in [6.07, 6.45) is 2.73. The molecule has 0 aromatic heterocycles. The van der Waals surface area contributed by atoms with Crippen molar-refractivity contribution >= 4 is 0 Å². The lowest BCUT2D eigenvalue weighted by Gasteiger charge is -2.35. The molecule has 1 aliphatic heterocycles. The van der Waals surface area contributed by atoms with E-state index in [1.807, 2.05) is 6.92 Å². The smallest absolute Gasteiger partial charge is 0.0590 e. The standard InChI is InChI=1S/C13H28N2O/c1-4-15-9-6-7-13(11-15)12(3)14-8-10-16-5-2/h12-14H,4-11H2,1-3H3. The molecule has 2 unspecified atom stereocenters. The van der Waals surface area contributed by atoms with E-state index >= 15 is 0 Å². The molecule has 1 rings (SSSR count). The lowest BCUT2D eigenvalue weighted by Crippen LogP contribution is -2.45. The Morgan fingerprint density at radius 2 is 2.25 bits per heavy atom. The highest BCUT2D eigenvalue weighted by molar-refractivity contribution is 4.79. The maximum Gasteiger partial charge on any atom is 0.0590 e. The lowest BCUT2D eigenvalue weighted by atomic mass is 9.91. The Morgan fingerprint density at radius 1 is 1.44 bits per heavy atom. The van der Waals surface area contributed by atoms with Crippen LogP contribution in [0, 0.1) is 5.92 Å². The first kappa shape index (κ1) is 13.9. The van der Waals surface area contributed by atoms with Crippen LogP contribution in [0.25, 0.3) is 0 Å². The second kappa shape index (κ2) is 8.04. The summed E-state index contributed by atoms with van der Waals surface area (Å²) in [5.74, 6) is 0.815. The molecule has 2 atom stereocenters. The summed E-state index contributed by atoms with van der Waals surface area (Å²) in [5.41, 5.74) is 0. The van der Waals surface area contributed by atoms with E-state index < -0.39 is 0 Å². The van der Waals surface area contributed by atoms with E-state index in [9.17, 15) is 0 Å². The van der Waals surface area contributed by atoms with Crippen molar-refractivity contribution in [3.63, 3.8) is 0 Å². The molecule has 0 saturated carbocycles. The first-order valence-corrected chi connectivity index (χ1v) is 6.81. The van der Waals surface area contributed by atoms with Gasteiger partial charge in [0.2, 0.25) is 0 Å². The van der Waals surface area contributed by atoms with Crippen LogP contribution in [-0.4, -0.2) is 50.3 Å². The van der Waals surface area contributed by atoms with Gasteiger partial charge in [0.05, 0.1) is 6.61 Å². The van der Waals surface area contributed by atoms with E-state index in [0.29, 0.717) is 6.04 Å². The van der Waals surface area contributed by atoms with Gasteiger partial charge >= 0.3 is 0 Å². The summed E-state index contributed by atoms with van der Waals surface area (Å²) >= 11 is 0. The van der Waals surface area contributed by atoms with Crippen LogP contribution in [-0.2, 0) is 4.74 Å². The molecule has 1 N–H and O–H groups in total. The van der Waals surface area contributed by atoms with Gasteiger partial charge in [-0.15, -0.1) is 0 Å². The van der Waals surface area contributed by atoms with Gasteiger partial charge in [0, 0.05) is 25.7 Å². The molecular formula is C13H28N2O. The predicted octanol–water partition coefficient (Wildman–Crippen LogP) is 1.73. The average Bonchev–Trinajstić information content (AvgIpc) is 2.34. The molecule has 0 amide bonds. The molecule has 0 spiro atoms. The van der Waals surface area contributed by atoms with Crippen molar-refractivity contribution in [2.24, 2.45) is 5.92 Å². The maximum atomic E-state index is 5.34. The molecule has 0 aromatic carbocycles. The summed E-state index contributed by atoms with van der Waals surface area (Å²) in [7, 11) is 0. The quantitative estimate of drug-likeness (QED) is 0.672. The zero-order valence-corrected chi connectivity index (χ0v) is 11.2. The molecule has 0 bridgehead atoms. The van der Waals surface area contributed by atoms with E-state index in [-0.39, 0.29) is 0 Å². The fourth-order valence-electron chi connectivity index (χ4n) is 2.46. The first-order chi connectivity index (χ1) is 7.77. The fraction of sp³-hybridized carbons (Fsp3) is 1.00. The van der Waals surface area contributed by atoms with Gasteiger partial charge in [-0.05, 0) is 45.7 Å². The topological polar surface area (TPSA) is 24.5 Å². The second-order valence-electron chi connectivity index (χ2n) is 4.74. The number of rotatable bonds is 7. The van der Waals surface area contributed by atoms with Crippen molar-refractivity contribution in [2.45, 2.75) is 39.7 Å². The summed E-state index contributed by atoms with van der Waals surface area (Å²) < 4.78 is 5.34. The predicted molar refractivity (Wildman–Crippen MR) is 68.8 cm³/mol. The molecule has 3 nitrogen and oxygen atoms in total. The number of likely N-dealkylation sites (tertiary alicyclic amines) is 1. The molecule has 16 heavy (non-hydrogen) atoms. The number of nitrogens with one attached hydrogen (secondary N) is 1. The van der Waals surface area contributed by atoms with Gasteiger partial charge in [-0.1, -0.05) is 6.92 Å². The maximum absolute atomic E-state index is 5.34. The van der Waals surface area contributed by atoms with Crippen molar-refractivity contribution in [2.75, 3.05) is 39.4 Å². The van der Waals surface area contributed by atoms with Crippen LogP contribution < -0.4 is 5.32 Å². The Labute approximate surface area is 101 Å². The Balaban J connectivity index is 2.16. The minimum Gasteiger partial charge on any atom is -0.380 e. The van der Waals surface area contributed by atoms with Crippen LogP contribution in [0.15, 0.2) is 0 Å². The van der Waals surface area contributed by atoms with Gasteiger partial charge in [-0.3, -0.25) is 0 Å². The molecule has 1 fully saturated rings. The minimum absolute atomic E-state index is 0.620. The Morgan fingerprint density at radius 3 is 2.94 bits per heavy atom. The number of ether oxygens (including phenoxy) is 1. The third-order valence-corrected chi connectivity index (χ3v) is 3.61. The van der Waals surface area contributed by atoms with Gasteiger partial charge in [0.25, 0.3) is 0 Å². The minimum atomic E-state index is 0.620. The zero-order chi connectivity index (χ0) is 11.8. The fourth-order valence-corrected chi connectivity index (χ4v) is 2.46. The zero-order valence-electron chi connectivity index (χ0n) is 11.2. The van der Waals surface area contributed by atoms with Gasteiger partial charge < -0.3 is 15.0 Å². The number of nitrogens with zero attached hydrogens (tertiary/aromatic N) is 1. The third kappa shape index (κ3) is 4.81. The van der Waals surface area contributed by atoms with E-state index in [4.69, 9.17) is 4.74 Å². The normalized spacial score (nSPS) is 24.6. The van der Waals surface area contributed by atoms with E-state index in [0.717, 1.165) is 25.7 Å². The molecule has 0 radical (unpaired) electrons. The number of piperidine rings is 1. The van der Waals surface area contributed by atoms with Gasteiger partial charge in [0.1, 0.15) is 0 Å². The molecule has 0 aliphatic carbocycles. The van der Waals surface area contributed by atoms with Crippen molar-refractivity contribution in [3.05, 3.63) is 0 Å². The van der Waals surface area contributed by atoms with Crippen LogP contribution >= 0.6 is 0 Å². The van der Waals surface area contributed by atoms with Crippen molar-refractivity contribution in [3.8, 4) is 0 Å². The van der Waals surface area contributed by atoms with Crippen molar-refractivity contribution in [1.29, 1.82) is 0 Å². The van der Waals surface area contributed by atoms with Crippen molar-refractivity contribution < 1.29 is 4.74 Å². The highest BCUT2D eigenvalue weighted by atomic mass is 16.5. The van der Waals surface area contributed by atoms with Crippen LogP contribution in [0.2, 0.25) is 0 Å². The second-order valence-corrected chi connectivity index (χ2v) is 4.74. The Hall–Kier alpha value is -0.120. The summed E-state index contributed by atoms with van der Waals surface area (Å²) in [5, 5.41) is 3.58. The SMILES string of the molecule is CCOCCNC(C)C1CCCN(CC)C1. The first-order valence-electron chi connectivity index (χ1n) is 6.81. The summed E-state index contributed by atoms with van der Waals surface area (Å²) in [6.45, 7) is 13.0. The van der Waals surface area contributed by atoms with E-state index in [1.54, 1.807) is 0 Å². The van der Waals surface area contributed by atoms with Crippen LogP contribution in [0.5, 0.6) is 0 Å². The molecule has 96 valence electrons. The average molecular weight is 228 g/mol. The van der Waals surface area contributed by atoms with Gasteiger partial charge in [0.15, 0.2) is 0 Å². The highest BCUT2D eigenvalue weighted by Crippen LogP contribution is 2.19. The number of hydrogen-bond acceptors (Lipinski definition) is 3. The summed E-state index contributed by atoms with van der Waals surface area (Å²) in [4.78, 5) is 2.56. The Bertz CT molecular complexity index is 175. The third-order valence-electron chi connectivity index (χ3n) is 3.61. The van der Waals surface area contributed by atoms with Crippen LogP contribution in [0.3, 0.4) is 0 Å². The van der Waals surface area contributed by atoms with E-state index in [1.165, 1.54) is 32.5 Å². The number of hydrogen-bond donors (Lipinski definition) is 1. The van der Waals surface area contributed by atoms with Gasteiger partial charge in [-0.25, -0.2) is 0 Å². The van der Waals surface area contributed by atoms with E-state index in [2.05, 4.69) is 24.1 Å². The molecule has 0 aromatic rings. The Kier molecular flexibility index (Phi) is 7.01. The lowest BCUT2D eigenvalue weighted by molar-refractivity contribution is 0.131. The molecular weight excluding hydrogens is 200 g/mol. The van der Waals surface area contributed by atoms with Crippen LogP contribution in [0.1, 0.15) is 33.6 Å². The van der Waals surface area contributed by atoms with Crippen molar-refractivity contribution in [1.82, 2.24) is 10.2 Å². The largest absolute Gasteiger partial charge is 0.380 e. The molecule has 3 heteroatoms.